The van der Waals surface area contributed by atoms with Crippen LogP contribution in [0, 0.1) is 5.82 Å². The van der Waals surface area contributed by atoms with Crippen LogP contribution in [0.25, 0.3) is 10.9 Å². The van der Waals surface area contributed by atoms with Crippen molar-refractivity contribution < 1.29 is 9.13 Å². The Morgan fingerprint density at radius 3 is 2.87 bits per heavy atom. The van der Waals surface area contributed by atoms with Crippen LogP contribution in [-0.2, 0) is 0 Å². The summed E-state index contributed by atoms with van der Waals surface area (Å²) in [6.45, 7) is 0. The molecule has 1 aromatic carbocycles. The van der Waals surface area contributed by atoms with Crippen molar-refractivity contribution in [3.05, 3.63) is 28.6 Å². The summed E-state index contributed by atoms with van der Waals surface area (Å²) in [4.78, 5) is 4.03. The minimum Gasteiger partial charge on any atom is -0.494 e. The third-order valence-corrected chi connectivity index (χ3v) is 2.99. The van der Waals surface area contributed by atoms with Gasteiger partial charge >= 0.3 is 0 Å². The Hall–Kier alpha value is -1.36. The number of nitrogens with two attached hydrogens (primary N) is 1. The summed E-state index contributed by atoms with van der Waals surface area (Å²) in [5.41, 5.74) is 6.72. The Labute approximate surface area is 94.2 Å². The van der Waals surface area contributed by atoms with Crippen molar-refractivity contribution in [2.45, 2.75) is 0 Å². The van der Waals surface area contributed by atoms with Gasteiger partial charge in [-0.1, -0.05) is 0 Å². The molecule has 0 saturated heterocycles. The maximum atomic E-state index is 13.3. The quantitative estimate of drug-likeness (QED) is 0.867. The smallest absolute Gasteiger partial charge is 0.167 e. The number of rotatable bonds is 1. The van der Waals surface area contributed by atoms with E-state index in [0.717, 1.165) is 5.39 Å². The molecule has 0 aliphatic heterocycles. The first-order valence-corrected chi connectivity index (χ1v) is 5.00. The van der Waals surface area contributed by atoms with Crippen molar-refractivity contribution in [3.8, 4) is 5.75 Å². The van der Waals surface area contributed by atoms with Crippen LogP contribution >= 0.6 is 15.9 Å². The number of benzene rings is 1. The van der Waals surface area contributed by atoms with E-state index < -0.39 is 5.82 Å². The molecule has 2 rings (SSSR count). The zero-order valence-electron chi connectivity index (χ0n) is 7.92. The fourth-order valence-corrected chi connectivity index (χ4v) is 1.75. The van der Waals surface area contributed by atoms with Crippen LogP contribution in [-0.4, -0.2) is 12.1 Å². The lowest BCUT2D eigenvalue weighted by Gasteiger charge is -2.06. The van der Waals surface area contributed by atoms with E-state index >= 15 is 0 Å². The number of fused-ring (bicyclic) bond motifs is 1. The van der Waals surface area contributed by atoms with E-state index in [1.54, 1.807) is 6.07 Å². The molecular formula is C10H8BrFN2O. The van der Waals surface area contributed by atoms with Crippen molar-refractivity contribution in [3.63, 3.8) is 0 Å². The molecule has 2 aromatic rings. The van der Waals surface area contributed by atoms with Gasteiger partial charge in [-0.05, 0) is 22.0 Å². The summed E-state index contributed by atoms with van der Waals surface area (Å²) in [5.74, 6) is -0.259. The predicted molar refractivity (Wildman–Crippen MR) is 60.4 cm³/mol. The van der Waals surface area contributed by atoms with Crippen molar-refractivity contribution in [2.24, 2.45) is 0 Å². The third-order valence-electron chi connectivity index (χ3n) is 2.10. The zero-order valence-corrected chi connectivity index (χ0v) is 9.51. The number of pyridine rings is 1. The number of hydrogen-bond acceptors (Lipinski definition) is 3. The van der Waals surface area contributed by atoms with Gasteiger partial charge in [-0.15, -0.1) is 0 Å². The second kappa shape index (κ2) is 3.66. The summed E-state index contributed by atoms with van der Waals surface area (Å²) in [6, 6.07) is 2.89. The molecule has 0 unspecified atom stereocenters. The molecule has 15 heavy (non-hydrogen) atoms. The molecule has 1 aromatic heterocycles. The van der Waals surface area contributed by atoms with Crippen LogP contribution < -0.4 is 10.5 Å². The summed E-state index contributed by atoms with van der Waals surface area (Å²) in [5, 5.41) is 0.730. The summed E-state index contributed by atoms with van der Waals surface area (Å²) in [7, 11) is 1.41. The molecule has 0 radical (unpaired) electrons. The van der Waals surface area contributed by atoms with Crippen molar-refractivity contribution >= 4 is 32.5 Å². The van der Waals surface area contributed by atoms with Gasteiger partial charge < -0.3 is 10.5 Å². The third kappa shape index (κ3) is 1.63. The first-order valence-electron chi connectivity index (χ1n) is 4.20. The van der Waals surface area contributed by atoms with E-state index in [1.807, 2.05) is 0 Å². The van der Waals surface area contributed by atoms with Gasteiger partial charge in [0.1, 0.15) is 0 Å². The first kappa shape index (κ1) is 10.2. The van der Waals surface area contributed by atoms with Crippen molar-refractivity contribution in [1.29, 1.82) is 0 Å². The van der Waals surface area contributed by atoms with Gasteiger partial charge in [-0.25, -0.2) is 4.39 Å². The second-order valence-electron chi connectivity index (χ2n) is 3.03. The highest BCUT2D eigenvalue weighted by Gasteiger charge is 2.09. The molecule has 2 N–H and O–H groups in total. The highest BCUT2D eigenvalue weighted by molar-refractivity contribution is 9.10. The number of nitrogens with zero attached hydrogens (tertiary/aromatic N) is 1. The van der Waals surface area contributed by atoms with Crippen LogP contribution in [0.15, 0.2) is 22.8 Å². The number of hydrogen-bond donors (Lipinski definition) is 1. The molecule has 0 amide bonds. The van der Waals surface area contributed by atoms with E-state index in [4.69, 9.17) is 10.5 Å². The average molecular weight is 271 g/mol. The van der Waals surface area contributed by atoms with E-state index in [0.29, 0.717) is 15.7 Å². The maximum Gasteiger partial charge on any atom is 0.167 e. The normalized spacial score (nSPS) is 10.6. The van der Waals surface area contributed by atoms with Crippen molar-refractivity contribution in [2.75, 3.05) is 12.8 Å². The first-order chi connectivity index (χ1) is 7.13. The minimum absolute atomic E-state index is 0.176. The topological polar surface area (TPSA) is 48.1 Å². The SMILES string of the molecule is COc1cc2c(Br)c(N)cnc2cc1F. The zero-order chi connectivity index (χ0) is 11.0. The predicted octanol–water partition coefficient (Wildman–Crippen LogP) is 2.73. The Bertz CT molecular complexity index is 530. The number of ether oxygens (including phenoxy) is 1. The van der Waals surface area contributed by atoms with Gasteiger partial charge in [0.15, 0.2) is 11.6 Å². The van der Waals surface area contributed by atoms with Gasteiger partial charge in [0, 0.05) is 11.5 Å². The van der Waals surface area contributed by atoms with Gasteiger partial charge in [0.05, 0.1) is 29.0 Å². The lowest BCUT2D eigenvalue weighted by atomic mass is 10.2. The van der Waals surface area contributed by atoms with Gasteiger partial charge in [0.2, 0.25) is 0 Å². The van der Waals surface area contributed by atoms with Crippen LogP contribution in [0.3, 0.4) is 0 Å². The van der Waals surface area contributed by atoms with Gasteiger partial charge in [-0.3, -0.25) is 4.98 Å². The largest absolute Gasteiger partial charge is 0.494 e. The number of aromatic nitrogens is 1. The highest BCUT2D eigenvalue weighted by Crippen LogP contribution is 2.31. The Morgan fingerprint density at radius 1 is 1.47 bits per heavy atom. The number of methoxy groups -OCH3 is 1. The summed E-state index contributed by atoms with van der Waals surface area (Å²) in [6.07, 6.45) is 1.48. The molecular weight excluding hydrogens is 263 g/mol. The number of anilines is 1. The lowest BCUT2D eigenvalue weighted by Crippen LogP contribution is -1.93. The molecule has 0 bridgehead atoms. The molecule has 0 fully saturated rings. The van der Waals surface area contributed by atoms with Crippen LogP contribution in [0.4, 0.5) is 10.1 Å². The second-order valence-corrected chi connectivity index (χ2v) is 3.82. The van der Waals surface area contributed by atoms with Crippen molar-refractivity contribution in [1.82, 2.24) is 4.98 Å². The maximum absolute atomic E-state index is 13.3. The fraction of sp³-hybridized carbons (Fsp3) is 0.100. The standard InChI is InChI=1S/C10H8BrFN2O/c1-15-9-2-5-8(3-6(9)12)14-4-7(13)10(5)11/h2-4H,13H2,1H3. The molecule has 78 valence electrons. The number of halogens is 2. The van der Waals surface area contributed by atoms with Gasteiger partial charge in [-0.2, -0.15) is 0 Å². The van der Waals surface area contributed by atoms with E-state index in [1.165, 1.54) is 19.4 Å². The average Bonchev–Trinajstić information content (AvgIpc) is 2.23. The van der Waals surface area contributed by atoms with Crippen LogP contribution in [0.1, 0.15) is 0 Å². The summed E-state index contributed by atoms with van der Waals surface area (Å²) >= 11 is 3.33. The van der Waals surface area contributed by atoms with E-state index in [-0.39, 0.29) is 5.75 Å². The molecule has 3 nitrogen and oxygen atoms in total. The fourth-order valence-electron chi connectivity index (χ4n) is 1.33. The molecule has 0 aliphatic carbocycles. The monoisotopic (exact) mass is 270 g/mol. The van der Waals surface area contributed by atoms with Gasteiger partial charge in [0.25, 0.3) is 0 Å². The van der Waals surface area contributed by atoms with E-state index in [9.17, 15) is 4.39 Å². The van der Waals surface area contributed by atoms with Crippen LogP contribution in [0.5, 0.6) is 5.75 Å². The Balaban J connectivity index is 2.82. The van der Waals surface area contributed by atoms with E-state index in [2.05, 4.69) is 20.9 Å². The van der Waals surface area contributed by atoms with Crippen LogP contribution in [0.2, 0.25) is 0 Å². The Morgan fingerprint density at radius 2 is 2.20 bits per heavy atom. The number of nitrogen functional groups attached to an aromatic ring is 1. The summed E-state index contributed by atoms with van der Waals surface area (Å²) < 4.78 is 18.9. The molecule has 5 heteroatoms. The molecule has 1 heterocycles. The lowest BCUT2D eigenvalue weighted by molar-refractivity contribution is 0.387. The Kier molecular flexibility index (Phi) is 2.48. The molecule has 0 atom stereocenters. The highest BCUT2D eigenvalue weighted by atomic mass is 79.9. The molecule has 0 aliphatic rings. The molecule has 0 spiro atoms. The molecule has 0 saturated carbocycles. The minimum atomic E-state index is -0.436.